The molecule has 0 heterocycles. The van der Waals surface area contributed by atoms with Crippen LogP contribution in [0.15, 0.2) is 29.8 Å². The van der Waals surface area contributed by atoms with Gasteiger partial charge in [-0.3, -0.25) is 4.79 Å². The number of methoxy groups -OCH3 is 1. The van der Waals surface area contributed by atoms with Gasteiger partial charge in [-0.15, -0.1) is 0 Å². The van der Waals surface area contributed by atoms with Crippen molar-refractivity contribution in [1.29, 1.82) is 0 Å². The minimum Gasteiger partial charge on any atom is -0.497 e. The molecule has 1 rings (SSSR count). The Morgan fingerprint density at radius 3 is 2.24 bits per heavy atom. The highest BCUT2D eigenvalue weighted by atomic mass is 16.5. The van der Waals surface area contributed by atoms with Crippen molar-refractivity contribution in [3.8, 4) is 5.75 Å². The average molecular weight is 236 g/mol. The first-order chi connectivity index (χ1) is 8.02. The molecule has 0 amide bonds. The van der Waals surface area contributed by atoms with Gasteiger partial charge >= 0.3 is 11.9 Å². The number of carboxylic acids is 2. The minimum absolute atomic E-state index is 0.164. The van der Waals surface area contributed by atoms with Crippen molar-refractivity contribution in [3.05, 3.63) is 35.4 Å². The van der Waals surface area contributed by atoms with Gasteiger partial charge in [-0.2, -0.15) is 0 Å². The molecular weight excluding hydrogens is 224 g/mol. The quantitative estimate of drug-likeness (QED) is 0.759. The second-order valence-electron chi connectivity index (χ2n) is 3.32. The zero-order chi connectivity index (χ0) is 12.8. The number of ether oxygens (including phenoxy) is 1. The van der Waals surface area contributed by atoms with Gasteiger partial charge in [0.15, 0.2) is 0 Å². The van der Waals surface area contributed by atoms with E-state index in [1.807, 2.05) is 0 Å². The van der Waals surface area contributed by atoms with Gasteiger partial charge < -0.3 is 14.9 Å². The van der Waals surface area contributed by atoms with Crippen LogP contribution in [0.25, 0.3) is 6.08 Å². The highest BCUT2D eigenvalue weighted by Gasteiger charge is 2.11. The van der Waals surface area contributed by atoms with E-state index in [0.29, 0.717) is 11.3 Å². The Kier molecular flexibility index (Phi) is 4.28. The van der Waals surface area contributed by atoms with Crippen LogP contribution in [0.3, 0.4) is 0 Å². The van der Waals surface area contributed by atoms with Crippen molar-refractivity contribution >= 4 is 18.0 Å². The maximum absolute atomic E-state index is 10.8. The van der Waals surface area contributed by atoms with Crippen LogP contribution in [0.4, 0.5) is 0 Å². The lowest BCUT2D eigenvalue weighted by Gasteiger charge is -2.01. The molecule has 0 aliphatic carbocycles. The van der Waals surface area contributed by atoms with E-state index in [2.05, 4.69) is 0 Å². The summed E-state index contributed by atoms with van der Waals surface area (Å²) in [5, 5.41) is 17.4. The molecule has 0 aliphatic rings. The van der Waals surface area contributed by atoms with Gasteiger partial charge in [0.25, 0.3) is 0 Å². The van der Waals surface area contributed by atoms with Gasteiger partial charge in [0.2, 0.25) is 0 Å². The lowest BCUT2D eigenvalue weighted by molar-refractivity contribution is -0.139. The standard InChI is InChI=1S/C12H12O5/c1-17-10-4-2-8(3-5-10)6-9(12(15)16)7-11(13)14/h2-6H,7H2,1H3,(H,13,14)(H,15,16). The van der Waals surface area contributed by atoms with Crippen LogP contribution in [-0.4, -0.2) is 29.3 Å². The fourth-order valence-corrected chi connectivity index (χ4v) is 1.25. The number of benzene rings is 1. The van der Waals surface area contributed by atoms with Crippen LogP contribution in [0, 0.1) is 0 Å². The zero-order valence-electron chi connectivity index (χ0n) is 9.21. The highest BCUT2D eigenvalue weighted by molar-refractivity contribution is 5.96. The summed E-state index contributed by atoms with van der Waals surface area (Å²) >= 11 is 0. The predicted octanol–water partition coefficient (Wildman–Crippen LogP) is 1.64. The molecule has 0 bridgehead atoms. The molecule has 0 saturated heterocycles. The van der Waals surface area contributed by atoms with Gasteiger partial charge in [0.1, 0.15) is 5.75 Å². The van der Waals surface area contributed by atoms with Crippen molar-refractivity contribution in [2.45, 2.75) is 6.42 Å². The Morgan fingerprint density at radius 1 is 1.24 bits per heavy atom. The summed E-state index contributed by atoms with van der Waals surface area (Å²) in [5.41, 5.74) is 0.451. The fraction of sp³-hybridized carbons (Fsp3) is 0.167. The number of carbonyl (C=O) groups is 2. The maximum Gasteiger partial charge on any atom is 0.332 e. The van der Waals surface area contributed by atoms with Gasteiger partial charge in [-0.05, 0) is 23.8 Å². The molecule has 0 aromatic heterocycles. The molecule has 0 atom stereocenters. The van der Waals surface area contributed by atoms with Crippen LogP contribution >= 0.6 is 0 Å². The minimum atomic E-state index is -1.23. The topological polar surface area (TPSA) is 83.8 Å². The van der Waals surface area contributed by atoms with Crippen molar-refractivity contribution in [1.82, 2.24) is 0 Å². The Hall–Kier alpha value is -2.30. The molecule has 0 fully saturated rings. The summed E-state index contributed by atoms with van der Waals surface area (Å²) in [6.45, 7) is 0. The van der Waals surface area contributed by atoms with Crippen LogP contribution in [-0.2, 0) is 9.59 Å². The van der Waals surface area contributed by atoms with Crippen molar-refractivity contribution in [3.63, 3.8) is 0 Å². The van der Waals surface area contributed by atoms with Crippen LogP contribution < -0.4 is 4.74 Å². The van der Waals surface area contributed by atoms with E-state index in [1.54, 1.807) is 24.3 Å². The first kappa shape index (κ1) is 12.8. The Morgan fingerprint density at radius 2 is 1.82 bits per heavy atom. The molecule has 1 aromatic carbocycles. The third-order valence-electron chi connectivity index (χ3n) is 2.07. The molecule has 5 heteroatoms. The molecule has 0 saturated carbocycles. The van der Waals surface area contributed by atoms with E-state index in [1.165, 1.54) is 13.2 Å². The van der Waals surface area contributed by atoms with E-state index in [4.69, 9.17) is 14.9 Å². The molecule has 17 heavy (non-hydrogen) atoms. The molecular formula is C12H12O5. The SMILES string of the molecule is COc1ccc(C=C(CC(=O)O)C(=O)O)cc1. The number of hydrogen-bond acceptors (Lipinski definition) is 3. The van der Waals surface area contributed by atoms with E-state index in [0.717, 1.165) is 0 Å². The molecule has 0 spiro atoms. The molecule has 2 N–H and O–H groups in total. The van der Waals surface area contributed by atoms with Gasteiger partial charge in [-0.25, -0.2) is 4.79 Å². The second kappa shape index (κ2) is 5.69. The molecule has 0 unspecified atom stereocenters. The van der Waals surface area contributed by atoms with Crippen molar-refractivity contribution in [2.24, 2.45) is 0 Å². The Balaban J connectivity index is 2.95. The monoisotopic (exact) mass is 236 g/mol. The summed E-state index contributed by atoms with van der Waals surface area (Å²) in [5.74, 6) is -1.76. The average Bonchev–Trinajstić information content (AvgIpc) is 2.28. The van der Waals surface area contributed by atoms with E-state index in [9.17, 15) is 9.59 Å². The Bertz CT molecular complexity index is 444. The molecule has 0 radical (unpaired) electrons. The van der Waals surface area contributed by atoms with Crippen molar-refractivity contribution in [2.75, 3.05) is 7.11 Å². The number of carboxylic acid groups (broad SMARTS) is 2. The van der Waals surface area contributed by atoms with Crippen LogP contribution in [0.1, 0.15) is 12.0 Å². The molecule has 90 valence electrons. The summed E-state index contributed by atoms with van der Waals surface area (Å²) < 4.78 is 4.96. The zero-order valence-corrected chi connectivity index (χ0v) is 9.21. The normalized spacial score (nSPS) is 11.0. The van der Waals surface area contributed by atoms with Gasteiger partial charge in [0.05, 0.1) is 13.5 Å². The predicted molar refractivity (Wildman–Crippen MR) is 60.9 cm³/mol. The van der Waals surface area contributed by atoms with E-state index in [-0.39, 0.29) is 5.57 Å². The van der Waals surface area contributed by atoms with E-state index < -0.39 is 18.4 Å². The molecule has 5 nitrogen and oxygen atoms in total. The first-order valence-corrected chi connectivity index (χ1v) is 4.82. The first-order valence-electron chi connectivity index (χ1n) is 4.82. The lowest BCUT2D eigenvalue weighted by atomic mass is 10.1. The third kappa shape index (κ3) is 3.98. The smallest absolute Gasteiger partial charge is 0.332 e. The summed E-state index contributed by atoms with van der Waals surface area (Å²) in [6, 6.07) is 6.66. The van der Waals surface area contributed by atoms with E-state index >= 15 is 0 Å². The summed E-state index contributed by atoms with van der Waals surface area (Å²) in [4.78, 5) is 21.3. The number of aliphatic carboxylic acids is 2. The Labute approximate surface area is 98.0 Å². The van der Waals surface area contributed by atoms with Crippen molar-refractivity contribution < 1.29 is 24.5 Å². The third-order valence-corrected chi connectivity index (χ3v) is 2.07. The largest absolute Gasteiger partial charge is 0.497 e. The maximum atomic E-state index is 10.8. The van der Waals surface area contributed by atoms with Crippen LogP contribution in [0.5, 0.6) is 5.75 Å². The molecule has 0 aliphatic heterocycles. The highest BCUT2D eigenvalue weighted by Crippen LogP contribution is 2.15. The second-order valence-corrected chi connectivity index (χ2v) is 3.32. The number of rotatable bonds is 5. The fourth-order valence-electron chi connectivity index (χ4n) is 1.25. The van der Waals surface area contributed by atoms with Gasteiger partial charge in [-0.1, -0.05) is 12.1 Å². The summed E-state index contributed by atoms with van der Waals surface area (Å²) in [6.07, 6.45) is 0.817. The van der Waals surface area contributed by atoms with Gasteiger partial charge in [0, 0.05) is 5.57 Å². The summed E-state index contributed by atoms with van der Waals surface area (Å²) in [7, 11) is 1.53. The number of hydrogen-bond donors (Lipinski definition) is 2. The molecule has 1 aromatic rings. The van der Waals surface area contributed by atoms with Crippen LogP contribution in [0.2, 0.25) is 0 Å². The lowest BCUT2D eigenvalue weighted by Crippen LogP contribution is -2.06.